The third-order valence-electron chi connectivity index (χ3n) is 5.28. The van der Waals surface area contributed by atoms with E-state index in [-0.39, 0.29) is 0 Å². The van der Waals surface area contributed by atoms with Crippen LogP contribution in [0.1, 0.15) is 33.9 Å². The zero-order valence-electron chi connectivity index (χ0n) is 17.9. The smallest absolute Gasteiger partial charge is 0.218 e. The van der Waals surface area contributed by atoms with Crippen molar-refractivity contribution in [1.82, 2.24) is 30.1 Å². The Morgan fingerprint density at radius 2 is 2.03 bits per heavy atom. The number of rotatable bonds is 8. The standard InChI is InChI=1S/C23H23N7OS/c1-14-26-21(25-12-23-30-29-15(2)32-23)10-22(27-14)31-13-17-9-18(17)20-7-3-6-19(28-20)16-5-4-8-24-11-16/h3-8,10-11,17-18H,9,12-13H2,1-2H3,(H,25,26,27). The van der Waals surface area contributed by atoms with Gasteiger partial charge in [-0.05, 0) is 44.5 Å². The summed E-state index contributed by atoms with van der Waals surface area (Å²) in [7, 11) is 0. The lowest BCUT2D eigenvalue weighted by molar-refractivity contribution is 0.284. The van der Waals surface area contributed by atoms with Gasteiger partial charge in [-0.15, -0.1) is 10.2 Å². The number of nitrogens with zero attached hydrogens (tertiary/aromatic N) is 6. The van der Waals surface area contributed by atoms with Crippen molar-refractivity contribution in [3.8, 4) is 17.1 Å². The van der Waals surface area contributed by atoms with Crippen LogP contribution < -0.4 is 10.1 Å². The van der Waals surface area contributed by atoms with Crippen LogP contribution in [0.15, 0.2) is 48.8 Å². The summed E-state index contributed by atoms with van der Waals surface area (Å²) in [4.78, 5) is 17.9. The Bertz CT molecular complexity index is 1210. The first kappa shape index (κ1) is 20.4. The Morgan fingerprint density at radius 1 is 1.09 bits per heavy atom. The summed E-state index contributed by atoms with van der Waals surface area (Å²) >= 11 is 1.57. The molecule has 4 aromatic heterocycles. The summed E-state index contributed by atoms with van der Waals surface area (Å²) in [6.45, 7) is 4.98. The van der Waals surface area contributed by atoms with Gasteiger partial charge in [0.15, 0.2) is 0 Å². The van der Waals surface area contributed by atoms with Crippen LogP contribution in [0.3, 0.4) is 0 Å². The third kappa shape index (κ3) is 4.88. The highest BCUT2D eigenvalue weighted by molar-refractivity contribution is 7.11. The van der Waals surface area contributed by atoms with Gasteiger partial charge in [-0.2, -0.15) is 4.98 Å². The minimum absolute atomic E-state index is 0.410. The Hall–Kier alpha value is -3.46. The lowest BCUT2D eigenvalue weighted by atomic mass is 10.1. The molecule has 0 saturated heterocycles. The van der Waals surface area contributed by atoms with Crippen molar-refractivity contribution in [2.75, 3.05) is 11.9 Å². The van der Waals surface area contributed by atoms with E-state index in [4.69, 9.17) is 9.72 Å². The fraction of sp³-hybridized carbons (Fsp3) is 0.304. The van der Waals surface area contributed by atoms with Gasteiger partial charge < -0.3 is 10.1 Å². The largest absolute Gasteiger partial charge is 0.477 e. The summed E-state index contributed by atoms with van der Waals surface area (Å²) in [6, 6.07) is 12.0. The molecule has 1 saturated carbocycles. The number of aromatic nitrogens is 6. The van der Waals surface area contributed by atoms with Gasteiger partial charge in [0.25, 0.3) is 0 Å². The summed E-state index contributed by atoms with van der Waals surface area (Å²) in [5, 5.41) is 13.3. The summed E-state index contributed by atoms with van der Waals surface area (Å²) in [5.41, 5.74) is 3.09. The summed E-state index contributed by atoms with van der Waals surface area (Å²) in [6.07, 6.45) is 4.68. The molecule has 0 amide bonds. The third-order valence-corrected chi connectivity index (χ3v) is 6.12. The van der Waals surface area contributed by atoms with Crippen molar-refractivity contribution in [3.05, 3.63) is 70.3 Å². The van der Waals surface area contributed by atoms with Gasteiger partial charge in [0, 0.05) is 41.6 Å². The van der Waals surface area contributed by atoms with Gasteiger partial charge in [-0.3, -0.25) is 9.97 Å². The number of hydrogen-bond donors (Lipinski definition) is 1. The van der Waals surface area contributed by atoms with Crippen LogP contribution in [0.5, 0.6) is 5.88 Å². The highest BCUT2D eigenvalue weighted by atomic mass is 32.1. The van der Waals surface area contributed by atoms with E-state index in [0.29, 0.717) is 36.7 Å². The highest BCUT2D eigenvalue weighted by Crippen LogP contribution is 2.47. The lowest BCUT2D eigenvalue weighted by Crippen LogP contribution is -2.07. The molecule has 0 aromatic carbocycles. The minimum Gasteiger partial charge on any atom is -0.477 e. The van der Waals surface area contributed by atoms with E-state index in [1.807, 2.05) is 44.3 Å². The molecule has 5 rings (SSSR count). The van der Waals surface area contributed by atoms with E-state index in [2.05, 4.69) is 42.6 Å². The van der Waals surface area contributed by atoms with Crippen LogP contribution in [0.2, 0.25) is 0 Å². The zero-order valence-corrected chi connectivity index (χ0v) is 18.7. The lowest BCUT2D eigenvalue weighted by Gasteiger charge is -2.09. The molecule has 4 heterocycles. The predicted molar refractivity (Wildman–Crippen MR) is 123 cm³/mol. The first-order chi connectivity index (χ1) is 15.6. The molecule has 0 bridgehead atoms. The van der Waals surface area contributed by atoms with Crippen LogP contribution in [-0.2, 0) is 6.54 Å². The second-order valence-corrected chi connectivity index (χ2v) is 9.08. The van der Waals surface area contributed by atoms with Gasteiger partial charge in [0.05, 0.1) is 18.8 Å². The zero-order chi connectivity index (χ0) is 21.9. The van der Waals surface area contributed by atoms with Crippen LogP contribution in [0, 0.1) is 19.8 Å². The normalized spacial score (nSPS) is 17.2. The quantitative estimate of drug-likeness (QED) is 0.431. The summed E-state index contributed by atoms with van der Waals surface area (Å²) in [5.74, 6) is 2.81. The second kappa shape index (κ2) is 8.96. The molecule has 8 nitrogen and oxygen atoms in total. The van der Waals surface area contributed by atoms with E-state index >= 15 is 0 Å². The fourth-order valence-corrected chi connectivity index (χ4v) is 4.25. The van der Waals surface area contributed by atoms with E-state index < -0.39 is 0 Å². The van der Waals surface area contributed by atoms with Gasteiger partial charge >= 0.3 is 0 Å². The summed E-state index contributed by atoms with van der Waals surface area (Å²) < 4.78 is 6.02. The maximum Gasteiger partial charge on any atom is 0.218 e. The van der Waals surface area contributed by atoms with Crippen LogP contribution in [0.4, 0.5) is 5.82 Å². The van der Waals surface area contributed by atoms with Crippen molar-refractivity contribution in [1.29, 1.82) is 0 Å². The highest BCUT2D eigenvalue weighted by Gasteiger charge is 2.40. The molecule has 1 fully saturated rings. The minimum atomic E-state index is 0.410. The molecule has 32 heavy (non-hydrogen) atoms. The first-order valence-corrected chi connectivity index (χ1v) is 11.3. The maximum atomic E-state index is 6.02. The molecule has 4 aromatic rings. The van der Waals surface area contributed by atoms with Crippen molar-refractivity contribution < 1.29 is 4.74 Å². The number of anilines is 1. The Balaban J connectivity index is 1.19. The van der Waals surface area contributed by atoms with Gasteiger partial charge in [0.2, 0.25) is 5.88 Å². The Labute approximate surface area is 190 Å². The first-order valence-electron chi connectivity index (χ1n) is 10.5. The monoisotopic (exact) mass is 445 g/mol. The molecule has 1 aliphatic rings. The van der Waals surface area contributed by atoms with Crippen molar-refractivity contribution >= 4 is 17.2 Å². The molecular weight excluding hydrogens is 422 g/mol. The van der Waals surface area contributed by atoms with Crippen molar-refractivity contribution in [2.24, 2.45) is 5.92 Å². The SMILES string of the molecule is Cc1nc(NCc2nnc(C)s2)cc(OCC2CC2c2cccc(-c3cccnc3)n2)n1. The number of hydrogen-bond acceptors (Lipinski definition) is 9. The fourth-order valence-electron chi connectivity index (χ4n) is 3.60. The van der Waals surface area contributed by atoms with Crippen molar-refractivity contribution in [2.45, 2.75) is 32.7 Å². The molecule has 1 aliphatic carbocycles. The average Bonchev–Trinajstić information content (AvgIpc) is 3.48. The van der Waals surface area contributed by atoms with E-state index in [9.17, 15) is 0 Å². The molecule has 1 N–H and O–H groups in total. The number of ether oxygens (including phenoxy) is 1. The van der Waals surface area contributed by atoms with Gasteiger partial charge in [-0.25, -0.2) is 4.98 Å². The van der Waals surface area contributed by atoms with Crippen molar-refractivity contribution in [3.63, 3.8) is 0 Å². The van der Waals surface area contributed by atoms with Crippen LogP contribution in [-0.4, -0.2) is 36.7 Å². The van der Waals surface area contributed by atoms with Gasteiger partial charge in [-0.1, -0.05) is 17.4 Å². The predicted octanol–water partition coefficient (Wildman–Crippen LogP) is 4.20. The van der Waals surface area contributed by atoms with Crippen LogP contribution in [0.25, 0.3) is 11.3 Å². The molecule has 0 aliphatic heterocycles. The average molecular weight is 446 g/mol. The van der Waals surface area contributed by atoms with E-state index in [1.165, 1.54) is 0 Å². The molecule has 2 atom stereocenters. The number of aryl methyl sites for hydroxylation is 2. The Kier molecular flexibility index (Phi) is 5.72. The molecule has 2 unspecified atom stereocenters. The van der Waals surface area contributed by atoms with Crippen LogP contribution >= 0.6 is 11.3 Å². The molecular formula is C23H23N7OS. The number of nitrogens with one attached hydrogen (secondary N) is 1. The second-order valence-electron chi connectivity index (χ2n) is 7.81. The Morgan fingerprint density at radius 3 is 2.84 bits per heavy atom. The molecule has 0 radical (unpaired) electrons. The van der Waals surface area contributed by atoms with Gasteiger partial charge in [0.1, 0.15) is 21.7 Å². The topological polar surface area (TPSA) is 98.6 Å². The van der Waals surface area contributed by atoms with E-state index in [1.54, 1.807) is 17.5 Å². The number of pyridine rings is 2. The maximum absolute atomic E-state index is 6.02. The van der Waals surface area contributed by atoms with E-state index in [0.717, 1.165) is 39.2 Å². The molecule has 162 valence electrons. The molecule has 0 spiro atoms. The molecule has 9 heteroatoms.